The normalized spacial score (nSPS) is 12.2. The molecule has 0 aliphatic carbocycles. The summed E-state index contributed by atoms with van der Waals surface area (Å²) >= 11 is 0. The summed E-state index contributed by atoms with van der Waals surface area (Å²) in [4.78, 5) is 4.63. The maximum Gasteiger partial charge on any atom is 0.0454 e. The Morgan fingerprint density at radius 2 is 1.65 bits per heavy atom. The number of benzene rings is 1. The van der Waals surface area contributed by atoms with Gasteiger partial charge in [0.05, 0.1) is 0 Å². The van der Waals surface area contributed by atoms with Gasteiger partial charge in [-0.25, -0.2) is 0 Å². The van der Waals surface area contributed by atoms with Gasteiger partial charge in [-0.05, 0) is 38.8 Å². The van der Waals surface area contributed by atoms with Gasteiger partial charge in [0, 0.05) is 22.8 Å². The van der Waals surface area contributed by atoms with Crippen molar-refractivity contribution in [2.45, 2.75) is 26.8 Å². The highest BCUT2D eigenvalue weighted by molar-refractivity contribution is 5.88. The molecule has 0 saturated carbocycles. The third-order valence-corrected chi connectivity index (χ3v) is 3.20. The van der Waals surface area contributed by atoms with E-state index in [2.05, 4.69) is 55.3 Å². The van der Waals surface area contributed by atoms with Crippen LogP contribution in [0.2, 0.25) is 0 Å². The average Bonchev–Trinajstić information content (AvgIpc) is 2.28. The summed E-state index contributed by atoms with van der Waals surface area (Å²) in [5.74, 6) is 0. The molecule has 92 valence electrons. The molecule has 0 radical (unpaired) electrons. The first-order valence-corrected chi connectivity index (χ1v) is 5.68. The lowest BCUT2D eigenvalue weighted by Gasteiger charge is -2.17. The number of rotatable bonds is 2. The van der Waals surface area contributed by atoms with Crippen molar-refractivity contribution in [1.82, 2.24) is 16.5 Å². The van der Waals surface area contributed by atoms with Crippen LogP contribution in [0.25, 0.3) is 10.8 Å². The molecule has 0 spiro atoms. The summed E-state index contributed by atoms with van der Waals surface area (Å²) in [6.07, 6.45) is 0. The number of aryl methyl sites for hydroxylation is 2. The topological polar surface area (TPSA) is 59.9 Å². The molecule has 0 bridgehead atoms. The predicted molar refractivity (Wildman–Crippen MR) is 73.7 cm³/mol. The minimum absolute atomic E-state index is 0. The number of hydrogen-bond donors (Lipinski definition) is 2. The van der Waals surface area contributed by atoms with Gasteiger partial charge in [0.15, 0.2) is 0 Å². The number of nitrogens with zero attached hydrogens (tertiary/aromatic N) is 1. The fourth-order valence-electron chi connectivity index (χ4n) is 2.29. The second kappa shape index (κ2) is 5.25. The predicted octanol–water partition coefficient (Wildman–Crippen LogP) is 3.29. The summed E-state index contributed by atoms with van der Waals surface area (Å²) in [5, 5.41) is 5.86. The minimum Gasteiger partial charge on any atom is -0.344 e. The fraction of sp³-hybridized carbons (Fsp3) is 0.357. The maximum atomic E-state index is 4.63. The van der Waals surface area contributed by atoms with Gasteiger partial charge >= 0.3 is 0 Å². The van der Waals surface area contributed by atoms with E-state index in [9.17, 15) is 0 Å². The molecular formula is C14H21N3. The number of fused-ring (bicyclic) bond motifs is 1. The van der Waals surface area contributed by atoms with E-state index >= 15 is 0 Å². The van der Waals surface area contributed by atoms with Gasteiger partial charge in [-0.15, -0.1) is 0 Å². The molecule has 0 amide bonds. The molecule has 1 unspecified atom stereocenters. The molecule has 3 nitrogen and oxygen atoms in total. The van der Waals surface area contributed by atoms with Crippen LogP contribution in [0, 0.1) is 13.8 Å². The van der Waals surface area contributed by atoms with Crippen molar-refractivity contribution >= 4 is 10.8 Å². The molecular weight excluding hydrogens is 210 g/mol. The van der Waals surface area contributed by atoms with Crippen molar-refractivity contribution in [2.24, 2.45) is 0 Å². The zero-order valence-electron chi connectivity index (χ0n) is 11.0. The highest BCUT2D eigenvalue weighted by Crippen LogP contribution is 2.27. The molecule has 0 saturated heterocycles. The van der Waals surface area contributed by atoms with E-state index in [0.717, 1.165) is 11.4 Å². The van der Waals surface area contributed by atoms with Crippen molar-refractivity contribution in [3.8, 4) is 0 Å². The number of aromatic nitrogens is 1. The molecule has 2 aromatic rings. The van der Waals surface area contributed by atoms with E-state index in [1.54, 1.807) is 0 Å². The first-order chi connectivity index (χ1) is 7.65. The standard InChI is InChI=1S/C14H18N2.H3N/c1-9-12-7-5-6-8-13(12)14(10(2)15-4)11(3)16-9;/h5-8,10,15H,1-4H3;1H3. The third-order valence-electron chi connectivity index (χ3n) is 3.20. The van der Waals surface area contributed by atoms with Crippen molar-refractivity contribution in [3.05, 3.63) is 41.2 Å². The molecule has 3 heteroatoms. The fourth-order valence-corrected chi connectivity index (χ4v) is 2.29. The Balaban J connectivity index is 0.00000144. The van der Waals surface area contributed by atoms with Crippen molar-refractivity contribution in [1.29, 1.82) is 0 Å². The molecule has 1 aromatic carbocycles. The second-order valence-electron chi connectivity index (χ2n) is 4.25. The van der Waals surface area contributed by atoms with Gasteiger partial charge in [-0.2, -0.15) is 0 Å². The van der Waals surface area contributed by atoms with Gasteiger partial charge in [-0.3, -0.25) is 4.98 Å². The van der Waals surface area contributed by atoms with Crippen molar-refractivity contribution in [3.63, 3.8) is 0 Å². The summed E-state index contributed by atoms with van der Waals surface area (Å²) in [6, 6.07) is 8.81. The van der Waals surface area contributed by atoms with E-state index in [1.807, 2.05) is 7.05 Å². The Labute approximate surface area is 103 Å². The first-order valence-electron chi connectivity index (χ1n) is 5.68. The Morgan fingerprint density at radius 1 is 1.06 bits per heavy atom. The summed E-state index contributed by atoms with van der Waals surface area (Å²) in [6.45, 7) is 6.33. The van der Waals surface area contributed by atoms with E-state index in [-0.39, 0.29) is 6.15 Å². The number of pyridine rings is 1. The lowest BCUT2D eigenvalue weighted by Crippen LogP contribution is -2.15. The Bertz CT molecular complexity index is 520. The molecule has 4 N–H and O–H groups in total. The second-order valence-corrected chi connectivity index (χ2v) is 4.25. The summed E-state index contributed by atoms with van der Waals surface area (Å²) in [5.41, 5.74) is 3.54. The highest BCUT2D eigenvalue weighted by Gasteiger charge is 2.13. The average molecular weight is 231 g/mol. The van der Waals surface area contributed by atoms with Crippen LogP contribution in [-0.4, -0.2) is 12.0 Å². The molecule has 2 rings (SSSR count). The van der Waals surface area contributed by atoms with Crippen LogP contribution in [0.4, 0.5) is 0 Å². The lowest BCUT2D eigenvalue weighted by molar-refractivity contribution is 0.649. The Hall–Kier alpha value is -1.45. The summed E-state index contributed by atoms with van der Waals surface area (Å²) < 4.78 is 0. The quantitative estimate of drug-likeness (QED) is 0.833. The number of hydrogen-bond acceptors (Lipinski definition) is 3. The van der Waals surface area contributed by atoms with Gasteiger partial charge < -0.3 is 11.5 Å². The van der Waals surface area contributed by atoms with Crippen LogP contribution in [-0.2, 0) is 0 Å². The largest absolute Gasteiger partial charge is 0.344 e. The molecule has 17 heavy (non-hydrogen) atoms. The molecule has 0 fully saturated rings. The van der Waals surface area contributed by atoms with Crippen LogP contribution in [0.1, 0.15) is 29.9 Å². The van der Waals surface area contributed by atoms with Crippen LogP contribution in [0.5, 0.6) is 0 Å². The van der Waals surface area contributed by atoms with Crippen LogP contribution >= 0.6 is 0 Å². The maximum absolute atomic E-state index is 4.63. The zero-order chi connectivity index (χ0) is 11.7. The van der Waals surface area contributed by atoms with E-state index < -0.39 is 0 Å². The van der Waals surface area contributed by atoms with E-state index in [1.165, 1.54) is 16.3 Å². The SMILES string of the molecule is CNC(C)c1c(C)nc(C)c2ccccc12.N. The minimum atomic E-state index is 0. The van der Waals surface area contributed by atoms with Crippen molar-refractivity contribution in [2.75, 3.05) is 7.05 Å². The Morgan fingerprint density at radius 3 is 2.24 bits per heavy atom. The molecule has 0 aliphatic heterocycles. The monoisotopic (exact) mass is 231 g/mol. The van der Waals surface area contributed by atoms with Crippen LogP contribution < -0.4 is 11.5 Å². The Kier molecular flexibility index (Phi) is 4.21. The third kappa shape index (κ3) is 2.30. The van der Waals surface area contributed by atoms with Crippen LogP contribution in [0.3, 0.4) is 0 Å². The van der Waals surface area contributed by atoms with E-state index in [4.69, 9.17) is 0 Å². The molecule has 1 atom stereocenters. The molecule has 1 heterocycles. The van der Waals surface area contributed by atoms with Gasteiger partial charge in [-0.1, -0.05) is 24.3 Å². The summed E-state index contributed by atoms with van der Waals surface area (Å²) in [7, 11) is 1.98. The van der Waals surface area contributed by atoms with Crippen molar-refractivity contribution < 1.29 is 0 Å². The van der Waals surface area contributed by atoms with Gasteiger partial charge in [0.25, 0.3) is 0 Å². The van der Waals surface area contributed by atoms with E-state index in [0.29, 0.717) is 6.04 Å². The smallest absolute Gasteiger partial charge is 0.0454 e. The number of nitrogens with one attached hydrogen (secondary N) is 1. The van der Waals surface area contributed by atoms with Gasteiger partial charge in [0.2, 0.25) is 0 Å². The van der Waals surface area contributed by atoms with Crippen LogP contribution in [0.15, 0.2) is 24.3 Å². The first kappa shape index (κ1) is 13.6. The molecule has 1 aromatic heterocycles. The highest BCUT2D eigenvalue weighted by atomic mass is 14.9. The molecule has 0 aliphatic rings. The zero-order valence-corrected chi connectivity index (χ0v) is 11.0. The van der Waals surface area contributed by atoms with Gasteiger partial charge in [0.1, 0.15) is 0 Å². The lowest BCUT2D eigenvalue weighted by atomic mass is 9.98.